The molecule has 1 aromatic carbocycles. The molecule has 3 heterocycles. The Balaban J connectivity index is 1.69. The average molecular weight is 402 g/mol. The summed E-state index contributed by atoms with van der Waals surface area (Å²) >= 11 is 5.01. The third-order valence-electron chi connectivity index (χ3n) is 4.24. The number of aromatic nitrogens is 1. The van der Waals surface area contributed by atoms with E-state index in [1.165, 1.54) is 11.3 Å². The van der Waals surface area contributed by atoms with Crippen LogP contribution in [0.25, 0.3) is 0 Å². The Kier molecular flexibility index (Phi) is 4.16. The highest BCUT2D eigenvalue weighted by Crippen LogP contribution is 2.33. The van der Waals surface area contributed by atoms with E-state index < -0.39 is 0 Å². The highest BCUT2D eigenvalue weighted by Gasteiger charge is 2.32. The largest absolute Gasteiger partial charge is 0.348 e. The second-order valence-corrected chi connectivity index (χ2v) is 7.54. The highest BCUT2D eigenvalue weighted by atomic mass is 79.9. The van der Waals surface area contributed by atoms with Crippen LogP contribution in [0.1, 0.15) is 17.3 Å². The van der Waals surface area contributed by atoms with Crippen LogP contribution in [0, 0.1) is 0 Å². The fraction of sp³-hybridized carbons (Fsp3) is 0.167. The molecule has 4 nitrogen and oxygen atoms in total. The average Bonchev–Trinajstić information content (AvgIpc) is 3.25. The van der Waals surface area contributed by atoms with Crippen molar-refractivity contribution in [2.45, 2.75) is 12.6 Å². The molecule has 0 saturated heterocycles. The van der Waals surface area contributed by atoms with Crippen LogP contribution in [0.5, 0.6) is 0 Å². The summed E-state index contributed by atoms with van der Waals surface area (Å²) in [6.45, 7) is 1.49. The van der Waals surface area contributed by atoms with Crippen LogP contribution in [0.3, 0.4) is 0 Å². The van der Waals surface area contributed by atoms with Gasteiger partial charge in [0.25, 0.3) is 0 Å². The van der Waals surface area contributed by atoms with Gasteiger partial charge in [0.1, 0.15) is 0 Å². The van der Waals surface area contributed by atoms with Crippen molar-refractivity contribution in [1.82, 2.24) is 9.47 Å². The van der Waals surface area contributed by atoms with Gasteiger partial charge in [0.05, 0.1) is 11.0 Å². The molecule has 6 heteroatoms. The SMILES string of the molecule is O=C(Nc1cccs1)N1CCn2cccc2C1c1ccc(Br)cc1. The number of anilines is 1. The van der Waals surface area contributed by atoms with Crippen molar-refractivity contribution in [2.75, 3.05) is 11.9 Å². The first kappa shape index (κ1) is 15.5. The molecular weight excluding hydrogens is 386 g/mol. The predicted octanol–water partition coefficient (Wildman–Crippen LogP) is 4.95. The Bertz CT molecular complexity index is 842. The molecule has 0 spiro atoms. The standard InChI is InChI=1S/C18H16BrN3OS/c19-14-7-5-13(6-8-14)17-15-3-1-9-21(15)10-11-22(17)18(23)20-16-4-2-12-24-16/h1-9,12,17H,10-11H2,(H,20,23). The van der Waals surface area contributed by atoms with Gasteiger partial charge in [-0.1, -0.05) is 28.1 Å². The maximum absolute atomic E-state index is 12.9. The van der Waals surface area contributed by atoms with Gasteiger partial charge >= 0.3 is 6.03 Å². The Morgan fingerprint density at radius 1 is 1.12 bits per heavy atom. The topological polar surface area (TPSA) is 37.3 Å². The van der Waals surface area contributed by atoms with E-state index in [0.29, 0.717) is 6.54 Å². The zero-order valence-electron chi connectivity index (χ0n) is 12.9. The summed E-state index contributed by atoms with van der Waals surface area (Å²) in [6.07, 6.45) is 2.08. The van der Waals surface area contributed by atoms with Crippen LogP contribution in [0.4, 0.5) is 9.80 Å². The van der Waals surface area contributed by atoms with Gasteiger partial charge in [0.15, 0.2) is 0 Å². The quantitative estimate of drug-likeness (QED) is 0.647. The van der Waals surface area contributed by atoms with Crippen LogP contribution in [-0.2, 0) is 6.54 Å². The lowest BCUT2D eigenvalue weighted by molar-refractivity contribution is 0.182. The summed E-state index contributed by atoms with van der Waals surface area (Å²) in [7, 11) is 0. The van der Waals surface area contributed by atoms with Gasteiger partial charge in [-0.05, 0) is 47.3 Å². The molecule has 0 aliphatic carbocycles. The van der Waals surface area contributed by atoms with E-state index >= 15 is 0 Å². The summed E-state index contributed by atoms with van der Waals surface area (Å²) in [5.74, 6) is 0. The van der Waals surface area contributed by atoms with Crippen LogP contribution < -0.4 is 5.32 Å². The minimum atomic E-state index is -0.0817. The summed E-state index contributed by atoms with van der Waals surface area (Å²) in [5, 5.41) is 5.85. The minimum Gasteiger partial charge on any atom is -0.348 e. The van der Waals surface area contributed by atoms with Crippen molar-refractivity contribution in [3.63, 3.8) is 0 Å². The van der Waals surface area contributed by atoms with Crippen molar-refractivity contribution in [3.8, 4) is 0 Å². The number of nitrogens with one attached hydrogen (secondary N) is 1. The van der Waals surface area contributed by atoms with Crippen molar-refractivity contribution in [3.05, 3.63) is 75.8 Å². The number of nitrogens with zero attached hydrogens (tertiary/aromatic N) is 2. The van der Waals surface area contributed by atoms with Gasteiger partial charge in [-0.15, -0.1) is 11.3 Å². The molecule has 24 heavy (non-hydrogen) atoms. The third kappa shape index (κ3) is 2.87. The van der Waals surface area contributed by atoms with Gasteiger partial charge < -0.3 is 9.47 Å². The molecule has 4 rings (SSSR count). The second kappa shape index (κ2) is 6.45. The van der Waals surface area contributed by atoms with E-state index in [9.17, 15) is 4.79 Å². The summed E-state index contributed by atoms with van der Waals surface area (Å²) < 4.78 is 3.26. The predicted molar refractivity (Wildman–Crippen MR) is 100 cm³/mol. The number of halogens is 1. The van der Waals surface area contributed by atoms with E-state index in [0.717, 1.165) is 27.3 Å². The molecule has 0 saturated carbocycles. The second-order valence-electron chi connectivity index (χ2n) is 5.68. The van der Waals surface area contributed by atoms with Gasteiger partial charge in [0, 0.05) is 29.5 Å². The van der Waals surface area contributed by atoms with E-state index in [4.69, 9.17) is 0 Å². The molecule has 0 fully saturated rings. The van der Waals surface area contributed by atoms with E-state index in [-0.39, 0.29) is 12.1 Å². The fourth-order valence-electron chi connectivity index (χ4n) is 3.12. The van der Waals surface area contributed by atoms with Crippen LogP contribution in [-0.4, -0.2) is 22.0 Å². The molecule has 1 aliphatic rings. The Labute approximate surface area is 152 Å². The third-order valence-corrected chi connectivity index (χ3v) is 5.55. The lowest BCUT2D eigenvalue weighted by Gasteiger charge is -2.37. The van der Waals surface area contributed by atoms with Crippen molar-refractivity contribution >= 4 is 38.3 Å². The molecule has 122 valence electrons. The van der Waals surface area contributed by atoms with Crippen LogP contribution in [0.2, 0.25) is 0 Å². The van der Waals surface area contributed by atoms with Gasteiger partial charge in [0.2, 0.25) is 0 Å². The fourth-order valence-corrected chi connectivity index (χ4v) is 4.00. The number of benzene rings is 1. The van der Waals surface area contributed by atoms with Gasteiger partial charge in [-0.2, -0.15) is 0 Å². The highest BCUT2D eigenvalue weighted by molar-refractivity contribution is 9.10. The number of urea groups is 1. The van der Waals surface area contributed by atoms with Crippen LogP contribution in [0.15, 0.2) is 64.6 Å². The molecule has 1 atom stereocenters. The summed E-state index contributed by atoms with van der Waals surface area (Å²) in [6, 6.07) is 16.0. The molecule has 0 radical (unpaired) electrons. The number of amides is 2. The van der Waals surface area contributed by atoms with Crippen LogP contribution >= 0.6 is 27.3 Å². The first-order valence-electron chi connectivity index (χ1n) is 7.74. The zero-order chi connectivity index (χ0) is 16.5. The van der Waals surface area contributed by atoms with E-state index in [1.54, 1.807) is 0 Å². The van der Waals surface area contributed by atoms with Gasteiger partial charge in [-0.3, -0.25) is 5.32 Å². The lowest BCUT2D eigenvalue weighted by Crippen LogP contribution is -2.44. The number of carbonyl (C=O) groups is 1. The number of rotatable bonds is 2. The molecule has 2 amide bonds. The Morgan fingerprint density at radius 3 is 2.71 bits per heavy atom. The molecule has 1 N–H and O–H groups in total. The molecule has 2 aromatic heterocycles. The van der Waals surface area contributed by atoms with Gasteiger partial charge in [-0.25, -0.2) is 4.79 Å². The monoisotopic (exact) mass is 401 g/mol. The molecule has 3 aromatic rings. The normalized spacial score (nSPS) is 16.7. The Hall–Kier alpha value is -2.05. The van der Waals surface area contributed by atoms with Crippen molar-refractivity contribution in [2.24, 2.45) is 0 Å². The number of fused-ring (bicyclic) bond motifs is 1. The number of hydrogen-bond acceptors (Lipinski definition) is 2. The smallest absolute Gasteiger partial charge is 0.323 e. The lowest BCUT2D eigenvalue weighted by atomic mass is 10.0. The molecule has 1 unspecified atom stereocenters. The van der Waals surface area contributed by atoms with E-state index in [2.05, 4.69) is 50.2 Å². The zero-order valence-corrected chi connectivity index (χ0v) is 15.3. The van der Waals surface area contributed by atoms with E-state index in [1.807, 2.05) is 40.6 Å². The number of hydrogen-bond donors (Lipinski definition) is 1. The summed E-state index contributed by atoms with van der Waals surface area (Å²) in [5.41, 5.74) is 2.25. The van der Waals surface area contributed by atoms with Crippen molar-refractivity contribution < 1.29 is 4.79 Å². The Morgan fingerprint density at radius 2 is 1.96 bits per heavy atom. The minimum absolute atomic E-state index is 0.0576. The number of carbonyl (C=O) groups excluding carboxylic acids is 1. The molecule has 1 aliphatic heterocycles. The maximum atomic E-state index is 12.9. The molecular formula is C18H16BrN3OS. The summed E-state index contributed by atoms with van der Waals surface area (Å²) in [4.78, 5) is 14.8. The molecule has 0 bridgehead atoms. The first-order valence-corrected chi connectivity index (χ1v) is 9.41. The first-order chi connectivity index (χ1) is 11.7. The maximum Gasteiger partial charge on any atom is 0.323 e. The number of thiophene rings is 1. The van der Waals surface area contributed by atoms with Crippen molar-refractivity contribution in [1.29, 1.82) is 0 Å².